The van der Waals surface area contributed by atoms with Gasteiger partial charge < -0.3 is 18.3 Å². The van der Waals surface area contributed by atoms with E-state index in [-0.39, 0.29) is 16.2 Å². The van der Waals surface area contributed by atoms with E-state index in [9.17, 15) is 0 Å². The van der Waals surface area contributed by atoms with Crippen LogP contribution < -0.4 is 4.90 Å². The van der Waals surface area contributed by atoms with Gasteiger partial charge in [0.25, 0.3) is 0 Å². The second-order valence-electron chi connectivity index (χ2n) is 22.0. The summed E-state index contributed by atoms with van der Waals surface area (Å²) in [7, 11) is 0. The molecule has 0 N–H and O–H groups in total. The van der Waals surface area contributed by atoms with Crippen LogP contribution in [0.15, 0.2) is 185 Å². The topological polar surface area (TPSA) is 34.5 Å². The summed E-state index contributed by atoms with van der Waals surface area (Å²) in [4.78, 5) is 2.32. The van der Waals surface area contributed by atoms with E-state index in [1.165, 1.54) is 49.6 Å². The van der Waals surface area contributed by atoms with E-state index in [0.29, 0.717) is 0 Å². The van der Waals surface area contributed by atoms with Crippen LogP contribution in [0.3, 0.4) is 0 Å². The van der Waals surface area contributed by atoms with Gasteiger partial charge in [0.05, 0.1) is 11.0 Å². The Morgan fingerprint density at radius 3 is 1.31 bits per heavy atom. The van der Waals surface area contributed by atoms with Crippen molar-refractivity contribution >= 4 is 93.5 Å². The Kier molecular flexibility index (Phi) is 9.21. The summed E-state index contributed by atoms with van der Waals surface area (Å²) in [6.07, 6.45) is 0. The van der Waals surface area contributed by atoms with Crippen molar-refractivity contribution in [1.29, 1.82) is 0 Å². The van der Waals surface area contributed by atoms with E-state index in [4.69, 9.17) is 8.83 Å². The molecule has 0 bridgehead atoms. The van der Waals surface area contributed by atoms with Gasteiger partial charge in [-0.3, -0.25) is 0 Å². The predicted octanol–water partition coefficient (Wildman–Crippen LogP) is 18.8. The standard InChI is InChI=1S/C64H56N2O2/c1-62(2,3)43-17-23-47(24-18-43)65(46-21-15-40(16-22-46)39-13-11-10-12-14-39)48-25-27-50-54-31-41-34-59-55(32-42(41)33-58(54)67-60(50)37-48)51-28-26-49(38-61(51)68-59)66-56-29-19-44(63(4,5)6)35-52(56)53-36-45(64(7,8)9)20-30-57(53)66/h10-38H,1-9H3. The molecule has 3 aromatic heterocycles. The first-order valence-electron chi connectivity index (χ1n) is 24.0. The molecule has 0 amide bonds. The molecule has 4 nitrogen and oxygen atoms in total. The van der Waals surface area contributed by atoms with Gasteiger partial charge in [0.1, 0.15) is 22.3 Å². The van der Waals surface area contributed by atoms with Crippen molar-refractivity contribution in [1.82, 2.24) is 4.57 Å². The fourth-order valence-electron chi connectivity index (χ4n) is 10.3. The molecular formula is C64H56N2O2. The predicted molar refractivity (Wildman–Crippen MR) is 289 cm³/mol. The Morgan fingerprint density at radius 2 is 0.779 bits per heavy atom. The molecule has 0 aliphatic rings. The van der Waals surface area contributed by atoms with Gasteiger partial charge in [-0.05, 0) is 152 Å². The molecule has 68 heavy (non-hydrogen) atoms. The smallest absolute Gasteiger partial charge is 0.137 e. The zero-order valence-corrected chi connectivity index (χ0v) is 40.5. The summed E-state index contributed by atoms with van der Waals surface area (Å²) >= 11 is 0. The number of hydrogen-bond donors (Lipinski definition) is 0. The maximum Gasteiger partial charge on any atom is 0.137 e. The molecule has 9 aromatic carbocycles. The number of aromatic nitrogens is 1. The fourth-order valence-corrected chi connectivity index (χ4v) is 10.3. The summed E-state index contributed by atoms with van der Waals surface area (Å²) in [6.45, 7) is 20.5. The minimum absolute atomic E-state index is 0.0407. The summed E-state index contributed by atoms with van der Waals surface area (Å²) in [6, 6.07) is 64.5. The summed E-state index contributed by atoms with van der Waals surface area (Å²) in [5, 5.41) is 9.13. The summed E-state index contributed by atoms with van der Waals surface area (Å²) in [5.41, 5.74) is 16.6. The first kappa shape index (κ1) is 41.8. The van der Waals surface area contributed by atoms with E-state index < -0.39 is 0 Å². The maximum atomic E-state index is 6.77. The maximum absolute atomic E-state index is 6.77. The van der Waals surface area contributed by atoms with Gasteiger partial charge >= 0.3 is 0 Å². The van der Waals surface area contributed by atoms with Crippen LogP contribution in [0.1, 0.15) is 79.0 Å². The van der Waals surface area contributed by atoms with E-state index >= 15 is 0 Å². The minimum Gasteiger partial charge on any atom is -0.456 e. The minimum atomic E-state index is 0.0407. The van der Waals surface area contributed by atoms with Gasteiger partial charge in [0.2, 0.25) is 0 Å². The lowest BCUT2D eigenvalue weighted by Crippen LogP contribution is -2.13. The van der Waals surface area contributed by atoms with Crippen LogP contribution in [0.25, 0.3) is 93.3 Å². The molecule has 0 saturated carbocycles. The second-order valence-corrected chi connectivity index (χ2v) is 22.0. The van der Waals surface area contributed by atoms with Crippen molar-refractivity contribution in [3.05, 3.63) is 193 Å². The lowest BCUT2D eigenvalue weighted by molar-refractivity contribution is 0.590. The largest absolute Gasteiger partial charge is 0.456 e. The molecule has 0 fully saturated rings. The van der Waals surface area contributed by atoms with E-state index in [1.807, 2.05) is 0 Å². The molecule has 4 heteroatoms. The van der Waals surface area contributed by atoms with Crippen molar-refractivity contribution < 1.29 is 8.83 Å². The zero-order chi connectivity index (χ0) is 46.9. The van der Waals surface area contributed by atoms with Crippen molar-refractivity contribution in [3.8, 4) is 16.8 Å². The summed E-state index contributed by atoms with van der Waals surface area (Å²) < 4.78 is 15.9. The molecule has 0 spiro atoms. The molecule has 334 valence electrons. The van der Waals surface area contributed by atoms with E-state index in [1.54, 1.807) is 0 Å². The Hall–Kier alpha value is -7.56. The van der Waals surface area contributed by atoms with Crippen LogP contribution in [0.5, 0.6) is 0 Å². The molecule has 0 aliphatic carbocycles. The first-order valence-corrected chi connectivity index (χ1v) is 24.0. The average molecular weight is 885 g/mol. The van der Waals surface area contributed by atoms with Gasteiger partial charge in [-0.25, -0.2) is 0 Å². The van der Waals surface area contributed by atoms with E-state index in [0.717, 1.165) is 77.4 Å². The van der Waals surface area contributed by atoms with Crippen LogP contribution in [0, 0.1) is 0 Å². The molecule has 12 rings (SSSR count). The third-order valence-electron chi connectivity index (χ3n) is 14.2. The van der Waals surface area contributed by atoms with Crippen LogP contribution in [-0.4, -0.2) is 4.57 Å². The average Bonchev–Trinajstić information content (AvgIpc) is 3.97. The highest BCUT2D eigenvalue weighted by Gasteiger charge is 2.23. The normalized spacial score (nSPS) is 12.8. The van der Waals surface area contributed by atoms with Crippen molar-refractivity contribution in [2.24, 2.45) is 0 Å². The van der Waals surface area contributed by atoms with Crippen LogP contribution in [0.4, 0.5) is 17.1 Å². The van der Waals surface area contributed by atoms with Gasteiger partial charge in [-0.1, -0.05) is 129 Å². The van der Waals surface area contributed by atoms with Crippen LogP contribution in [0.2, 0.25) is 0 Å². The fraction of sp³-hybridized carbons (Fsp3) is 0.188. The Labute approximate surface area is 398 Å². The molecular weight excluding hydrogens is 829 g/mol. The second kappa shape index (κ2) is 15.0. The van der Waals surface area contributed by atoms with Gasteiger partial charge in [-0.15, -0.1) is 0 Å². The van der Waals surface area contributed by atoms with Gasteiger partial charge in [0.15, 0.2) is 0 Å². The number of hydrogen-bond acceptors (Lipinski definition) is 3. The monoisotopic (exact) mass is 884 g/mol. The molecule has 0 radical (unpaired) electrons. The SMILES string of the molecule is CC(C)(C)c1ccc(N(c2ccc(-c3ccccc3)cc2)c2ccc3c(c2)oc2cc4cc5c(cc4cc23)oc2cc(-n3c4ccc(C(C)(C)C)cc4c4cc(C(C)(C)C)ccc43)ccc25)cc1. The highest BCUT2D eigenvalue weighted by Crippen LogP contribution is 2.43. The number of benzene rings is 9. The van der Waals surface area contributed by atoms with Crippen molar-refractivity contribution in [2.75, 3.05) is 4.90 Å². The lowest BCUT2D eigenvalue weighted by Gasteiger charge is -2.27. The zero-order valence-electron chi connectivity index (χ0n) is 40.5. The summed E-state index contributed by atoms with van der Waals surface area (Å²) in [5.74, 6) is 0. The third kappa shape index (κ3) is 6.96. The molecule has 0 saturated heterocycles. The van der Waals surface area contributed by atoms with Crippen molar-refractivity contribution in [2.45, 2.75) is 78.6 Å². The molecule has 12 aromatic rings. The highest BCUT2D eigenvalue weighted by atomic mass is 16.3. The van der Waals surface area contributed by atoms with Gasteiger partial charge in [0, 0.05) is 67.2 Å². The lowest BCUT2D eigenvalue weighted by atomic mass is 9.85. The quantitative estimate of drug-likeness (QED) is 0.173. The number of furan rings is 2. The molecule has 0 unspecified atom stereocenters. The van der Waals surface area contributed by atoms with E-state index in [2.05, 4.69) is 248 Å². The Bertz CT molecular complexity index is 3860. The highest BCUT2D eigenvalue weighted by molar-refractivity contribution is 6.16. The number of nitrogens with zero attached hydrogens (tertiary/aromatic N) is 2. The number of fused-ring (bicyclic) bond motifs is 10. The van der Waals surface area contributed by atoms with Crippen molar-refractivity contribution in [3.63, 3.8) is 0 Å². The number of anilines is 3. The number of rotatable bonds is 5. The van der Waals surface area contributed by atoms with Crippen LogP contribution in [-0.2, 0) is 16.2 Å². The molecule has 0 aliphatic heterocycles. The Morgan fingerprint density at radius 1 is 0.338 bits per heavy atom. The van der Waals surface area contributed by atoms with Gasteiger partial charge in [-0.2, -0.15) is 0 Å². The van der Waals surface area contributed by atoms with Crippen LogP contribution >= 0.6 is 0 Å². The molecule has 3 heterocycles. The third-order valence-corrected chi connectivity index (χ3v) is 14.2. The molecule has 0 atom stereocenters. The first-order chi connectivity index (χ1) is 32.5. The Balaban J connectivity index is 0.942.